The number of hydrogen-bond acceptors (Lipinski definition) is 3. The molecule has 1 aliphatic carbocycles. The van der Waals surface area contributed by atoms with Crippen LogP contribution in [0.15, 0.2) is 54.6 Å². The van der Waals surface area contributed by atoms with Gasteiger partial charge in [-0.15, -0.1) is 0 Å². The van der Waals surface area contributed by atoms with Crippen molar-refractivity contribution in [1.29, 1.82) is 0 Å². The molecule has 0 aliphatic heterocycles. The third-order valence-electron chi connectivity index (χ3n) is 5.86. The van der Waals surface area contributed by atoms with E-state index in [0.29, 0.717) is 24.2 Å². The summed E-state index contributed by atoms with van der Waals surface area (Å²) in [6.07, 6.45) is 9.45. The molecule has 2 unspecified atom stereocenters. The highest BCUT2D eigenvalue weighted by Gasteiger charge is 2.32. The van der Waals surface area contributed by atoms with Gasteiger partial charge in [0.05, 0.1) is 0 Å². The summed E-state index contributed by atoms with van der Waals surface area (Å²) in [7, 11) is 0. The lowest BCUT2D eigenvalue weighted by Gasteiger charge is -2.14. The second-order valence-corrected chi connectivity index (χ2v) is 7.87. The molecular weight excluding hydrogens is 364 g/mol. The molecule has 4 heteroatoms. The van der Waals surface area contributed by atoms with E-state index in [0.717, 1.165) is 42.9 Å². The molecule has 2 atom stereocenters. The lowest BCUT2D eigenvalue weighted by atomic mass is 9.89. The van der Waals surface area contributed by atoms with Gasteiger partial charge >= 0.3 is 5.97 Å². The summed E-state index contributed by atoms with van der Waals surface area (Å²) >= 11 is 0. The Kier molecular flexibility index (Phi) is 7.34. The van der Waals surface area contributed by atoms with Crippen molar-refractivity contribution in [3.8, 4) is 0 Å². The SMILES string of the molecule is O=C(O)CCCCCCC1C(=O)CCC1/C=C/C(=O)c1cccc2ccccc12. The lowest BCUT2D eigenvalue weighted by Crippen LogP contribution is -2.13. The maximum atomic E-state index is 12.8. The van der Waals surface area contributed by atoms with Crippen molar-refractivity contribution in [1.82, 2.24) is 0 Å². The third kappa shape index (κ3) is 5.63. The molecule has 1 saturated carbocycles. The number of benzene rings is 2. The van der Waals surface area contributed by atoms with E-state index in [9.17, 15) is 14.4 Å². The molecule has 4 nitrogen and oxygen atoms in total. The summed E-state index contributed by atoms with van der Waals surface area (Å²) in [5.41, 5.74) is 0.693. The van der Waals surface area contributed by atoms with Crippen molar-refractivity contribution < 1.29 is 19.5 Å². The van der Waals surface area contributed by atoms with Gasteiger partial charge in [-0.2, -0.15) is 0 Å². The molecule has 0 amide bonds. The molecular formula is C25H28O4. The standard InChI is InChI=1S/C25H28O4/c26-23-16-14-19(21(23)11-3-1-2-4-13-25(28)29)15-17-24(27)22-12-7-9-18-8-5-6-10-20(18)22/h5-10,12,15,17,19,21H,1-4,11,13-14,16H2,(H,28,29)/b17-15+. The van der Waals surface area contributed by atoms with Crippen molar-refractivity contribution in [2.24, 2.45) is 11.8 Å². The van der Waals surface area contributed by atoms with Crippen LogP contribution in [0.3, 0.4) is 0 Å². The van der Waals surface area contributed by atoms with E-state index in [2.05, 4.69) is 0 Å². The lowest BCUT2D eigenvalue weighted by molar-refractivity contribution is -0.137. The van der Waals surface area contributed by atoms with Gasteiger partial charge in [-0.1, -0.05) is 67.8 Å². The summed E-state index contributed by atoms with van der Waals surface area (Å²) in [6.45, 7) is 0. The van der Waals surface area contributed by atoms with E-state index in [1.165, 1.54) is 0 Å². The number of carbonyl (C=O) groups excluding carboxylic acids is 2. The smallest absolute Gasteiger partial charge is 0.303 e. The Bertz CT molecular complexity index is 907. The minimum atomic E-state index is -0.753. The van der Waals surface area contributed by atoms with Gasteiger partial charge in [0, 0.05) is 24.3 Å². The van der Waals surface area contributed by atoms with Crippen LogP contribution in [0.5, 0.6) is 0 Å². The van der Waals surface area contributed by atoms with Gasteiger partial charge in [0.2, 0.25) is 0 Å². The summed E-state index contributed by atoms with van der Waals surface area (Å²) in [5, 5.41) is 10.7. The molecule has 0 spiro atoms. The molecule has 29 heavy (non-hydrogen) atoms. The van der Waals surface area contributed by atoms with Crippen LogP contribution < -0.4 is 0 Å². The van der Waals surface area contributed by atoms with Crippen molar-refractivity contribution in [3.63, 3.8) is 0 Å². The topological polar surface area (TPSA) is 71.4 Å². The average Bonchev–Trinajstić information content (AvgIpc) is 3.07. The number of hydrogen-bond donors (Lipinski definition) is 1. The van der Waals surface area contributed by atoms with Crippen LogP contribution in [0.4, 0.5) is 0 Å². The monoisotopic (exact) mass is 392 g/mol. The fraction of sp³-hybridized carbons (Fsp3) is 0.400. The Morgan fingerprint density at radius 2 is 1.76 bits per heavy atom. The molecule has 0 radical (unpaired) electrons. The van der Waals surface area contributed by atoms with Gasteiger partial charge in [-0.05, 0) is 42.0 Å². The second kappa shape index (κ2) is 10.1. The third-order valence-corrected chi connectivity index (χ3v) is 5.86. The highest BCUT2D eigenvalue weighted by atomic mass is 16.4. The van der Waals surface area contributed by atoms with E-state index in [1.807, 2.05) is 48.5 Å². The predicted octanol–water partition coefficient (Wildman–Crippen LogP) is 5.60. The van der Waals surface area contributed by atoms with Crippen LogP contribution in [0, 0.1) is 11.8 Å². The van der Waals surface area contributed by atoms with E-state index in [-0.39, 0.29) is 24.0 Å². The van der Waals surface area contributed by atoms with Crippen molar-refractivity contribution >= 4 is 28.3 Å². The number of rotatable bonds is 10. The fourth-order valence-electron chi connectivity index (χ4n) is 4.27. The number of aliphatic carboxylic acids is 1. The zero-order valence-electron chi connectivity index (χ0n) is 16.7. The maximum absolute atomic E-state index is 12.8. The minimum absolute atomic E-state index is 0.00830. The van der Waals surface area contributed by atoms with Crippen molar-refractivity contribution in [3.05, 3.63) is 60.2 Å². The zero-order chi connectivity index (χ0) is 20.6. The van der Waals surface area contributed by atoms with Crippen molar-refractivity contribution in [2.45, 2.75) is 51.4 Å². The summed E-state index contributed by atoms with van der Waals surface area (Å²) in [4.78, 5) is 35.6. The van der Waals surface area contributed by atoms with Crippen LogP contribution >= 0.6 is 0 Å². The molecule has 0 bridgehead atoms. The highest BCUT2D eigenvalue weighted by molar-refractivity contribution is 6.13. The van der Waals surface area contributed by atoms with Crippen molar-refractivity contribution in [2.75, 3.05) is 0 Å². The highest BCUT2D eigenvalue weighted by Crippen LogP contribution is 2.34. The Hall–Kier alpha value is -2.75. The number of Topliss-reactive ketones (excluding diaryl/α,β-unsaturated/α-hetero) is 1. The molecule has 1 fully saturated rings. The zero-order valence-corrected chi connectivity index (χ0v) is 16.7. The fourth-order valence-corrected chi connectivity index (χ4v) is 4.27. The number of unbranched alkanes of at least 4 members (excludes halogenated alkanes) is 3. The van der Waals surface area contributed by atoms with Crippen LogP contribution in [0.1, 0.15) is 61.7 Å². The molecule has 152 valence electrons. The van der Waals surface area contributed by atoms with Gasteiger partial charge < -0.3 is 5.11 Å². The number of carboxylic acid groups (broad SMARTS) is 1. The van der Waals surface area contributed by atoms with E-state index < -0.39 is 5.97 Å². The summed E-state index contributed by atoms with van der Waals surface area (Å²) in [6, 6.07) is 13.6. The quantitative estimate of drug-likeness (QED) is 0.325. The molecule has 1 aliphatic rings. The Morgan fingerprint density at radius 3 is 2.59 bits per heavy atom. The minimum Gasteiger partial charge on any atom is -0.481 e. The number of carbonyl (C=O) groups is 3. The van der Waals surface area contributed by atoms with Gasteiger partial charge in [-0.3, -0.25) is 14.4 Å². The molecule has 0 heterocycles. The van der Waals surface area contributed by atoms with Crippen LogP contribution in [0.25, 0.3) is 10.8 Å². The van der Waals surface area contributed by atoms with Gasteiger partial charge in [0.25, 0.3) is 0 Å². The molecule has 2 aromatic carbocycles. The van der Waals surface area contributed by atoms with Crippen LogP contribution in [0.2, 0.25) is 0 Å². The second-order valence-electron chi connectivity index (χ2n) is 7.87. The normalized spacial score (nSPS) is 19.2. The predicted molar refractivity (Wildman–Crippen MR) is 114 cm³/mol. The van der Waals surface area contributed by atoms with E-state index >= 15 is 0 Å². The van der Waals surface area contributed by atoms with Crippen LogP contribution in [-0.4, -0.2) is 22.6 Å². The first-order valence-corrected chi connectivity index (χ1v) is 10.5. The maximum Gasteiger partial charge on any atom is 0.303 e. The molecule has 0 saturated heterocycles. The first-order chi connectivity index (χ1) is 14.1. The molecule has 2 aromatic rings. The molecule has 3 rings (SSSR count). The summed E-state index contributed by atoms with van der Waals surface area (Å²) in [5.74, 6) is -0.361. The van der Waals surface area contributed by atoms with Gasteiger partial charge in [0.1, 0.15) is 5.78 Å². The Morgan fingerprint density at radius 1 is 1.00 bits per heavy atom. The van der Waals surface area contributed by atoms with E-state index in [1.54, 1.807) is 6.08 Å². The van der Waals surface area contributed by atoms with E-state index in [4.69, 9.17) is 5.11 Å². The molecule has 1 N–H and O–H groups in total. The number of fused-ring (bicyclic) bond motifs is 1. The first kappa shape index (κ1) is 21.0. The van der Waals surface area contributed by atoms with Gasteiger partial charge in [0.15, 0.2) is 5.78 Å². The number of carboxylic acids is 1. The average molecular weight is 392 g/mol. The number of ketones is 2. The van der Waals surface area contributed by atoms with Gasteiger partial charge in [-0.25, -0.2) is 0 Å². The Labute approximate surface area is 171 Å². The largest absolute Gasteiger partial charge is 0.481 e. The van der Waals surface area contributed by atoms with Crippen LogP contribution in [-0.2, 0) is 9.59 Å². The Balaban J connectivity index is 1.57. The first-order valence-electron chi connectivity index (χ1n) is 10.5. The molecule has 0 aromatic heterocycles. The summed E-state index contributed by atoms with van der Waals surface area (Å²) < 4.78 is 0. The number of allylic oxidation sites excluding steroid dienone is 2.